The van der Waals surface area contributed by atoms with Crippen LogP contribution >= 0.6 is 11.6 Å². The van der Waals surface area contributed by atoms with Gasteiger partial charge in [-0.3, -0.25) is 4.79 Å². The van der Waals surface area contributed by atoms with Gasteiger partial charge in [0, 0.05) is 18.4 Å². The first-order chi connectivity index (χ1) is 5.52. The molecule has 0 heterocycles. The Morgan fingerprint density at radius 2 is 2.50 bits per heavy atom. The molecule has 0 saturated heterocycles. The number of carbonyl (C=O) groups is 1. The fourth-order valence-electron chi connectivity index (χ4n) is 0.914. The number of rotatable bonds is 1. The molecule has 1 aliphatic carbocycles. The Morgan fingerprint density at radius 3 is 2.92 bits per heavy atom. The van der Waals surface area contributed by atoms with Crippen LogP contribution in [0.15, 0.2) is 23.3 Å². The molecule has 66 valence electrons. The van der Waals surface area contributed by atoms with Crippen molar-refractivity contribution >= 4 is 17.6 Å². The second kappa shape index (κ2) is 3.29. The zero-order valence-electron chi connectivity index (χ0n) is 6.58. The van der Waals surface area contributed by atoms with Gasteiger partial charge in [0.05, 0.1) is 0 Å². The maximum atomic E-state index is 10.5. The van der Waals surface area contributed by atoms with Crippen LogP contribution in [0.3, 0.4) is 0 Å². The highest BCUT2D eigenvalue weighted by Crippen LogP contribution is 2.23. The Kier molecular flexibility index (Phi) is 2.55. The van der Waals surface area contributed by atoms with Gasteiger partial charge in [-0.05, 0) is 12.2 Å². The molecule has 0 aromatic carbocycles. The number of esters is 1. The quantitative estimate of drug-likeness (QED) is 0.499. The molecule has 3 nitrogen and oxygen atoms in total. The molecule has 0 fully saturated rings. The van der Waals surface area contributed by atoms with Crippen molar-refractivity contribution in [2.45, 2.75) is 19.1 Å². The van der Waals surface area contributed by atoms with Crippen molar-refractivity contribution in [3.8, 4) is 0 Å². The minimum Gasteiger partial charge on any atom is -0.429 e. The molecule has 1 N–H and O–H groups in total. The normalized spacial score (nSPS) is 28.1. The van der Waals surface area contributed by atoms with Crippen molar-refractivity contribution in [1.29, 1.82) is 0 Å². The van der Waals surface area contributed by atoms with Crippen molar-refractivity contribution in [2.75, 3.05) is 0 Å². The predicted octanol–water partition coefficient (Wildman–Crippen LogP) is 1.32. The van der Waals surface area contributed by atoms with E-state index in [1.165, 1.54) is 19.1 Å². The summed E-state index contributed by atoms with van der Waals surface area (Å²) in [7, 11) is 0. The summed E-state index contributed by atoms with van der Waals surface area (Å²) in [4.78, 5) is 10.5. The standard InChI is InChI=1S/C8H9ClO3/c1-6(10)12-8(11)4-2-7(9)3-5-8/h2-4,11H,5H2,1H3/t8-/m1/s1. The summed E-state index contributed by atoms with van der Waals surface area (Å²) < 4.78 is 4.65. The first-order valence-electron chi connectivity index (χ1n) is 3.49. The molecule has 1 aliphatic rings. The number of halogens is 1. The minimum atomic E-state index is -1.51. The van der Waals surface area contributed by atoms with Crippen molar-refractivity contribution in [2.24, 2.45) is 0 Å². The molecule has 0 aliphatic heterocycles. The molecule has 0 unspecified atom stereocenters. The number of carbonyl (C=O) groups excluding carboxylic acids is 1. The lowest BCUT2D eigenvalue weighted by Crippen LogP contribution is -2.32. The highest BCUT2D eigenvalue weighted by atomic mass is 35.5. The molecule has 0 bridgehead atoms. The Morgan fingerprint density at radius 1 is 1.83 bits per heavy atom. The first-order valence-corrected chi connectivity index (χ1v) is 3.86. The number of allylic oxidation sites excluding steroid dienone is 2. The molecular weight excluding hydrogens is 180 g/mol. The van der Waals surface area contributed by atoms with E-state index in [9.17, 15) is 9.90 Å². The van der Waals surface area contributed by atoms with Crippen LogP contribution in [-0.4, -0.2) is 16.9 Å². The summed E-state index contributed by atoms with van der Waals surface area (Å²) >= 11 is 5.60. The van der Waals surface area contributed by atoms with E-state index in [-0.39, 0.29) is 6.42 Å². The Labute approximate surface area is 75.3 Å². The number of hydrogen-bond acceptors (Lipinski definition) is 3. The third-order valence-electron chi connectivity index (χ3n) is 1.41. The van der Waals surface area contributed by atoms with E-state index in [4.69, 9.17) is 11.6 Å². The Hall–Kier alpha value is -0.800. The van der Waals surface area contributed by atoms with Crippen molar-refractivity contribution < 1.29 is 14.6 Å². The Bertz CT molecular complexity index is 257. The average Bonchev–Trinajstić information content (AvgIpc) is 1.94. The van der Waals surface area contributed by atoms with E-state index < -0.39 is 11.8 Å². The van der Waals surface area contributed by atoms with E-state index >= 15 is 0 Å². The molecule has 0 spiro atoms. The molecule has 4 heteroatoms. The van der Waals surface area contributed by atoms with Gasteiger partial charge in [-0.1, -0.05) is 17.7 Å². The van der Waals surface area contributed by atoms with Crippen molar-refractivity contribution in [3.63, 3.8) is 0 Å². The summed E-state index contributed by atoms with van der Waals surface area (Å²) in [5, 5.41) is 10.1. The largest absolute Gasteiger partial charge is 0.429 e. The van der Waals surface area contributed by atoms with Gasteiger partial charge in [0.2, 0.25) is 5.79 Å². The predicted molar refractivity (Wildman–Crippen MR) is 44.4 cm³/mol. The number of aliphatic hydroxyl groups is 1. The van der Waals surface area contributed by atoms with Crippen LogP contribution in [0.4, 0.5) is 0 Å². The molecule has 1 rings (SSSR count). The van der Waals surface area contributed by atoms with Gasteiger partial charge in [0.25, 0.3) is 0 Å². The number of hydrogen-bond donors (Lipinski definition) is 1. The highest BCUT2D eigenvalue weighted by molar-refractivity contribution is 6.31. The highest BCUT2D eigenvalue weighted by Gasteiger charge is 2.27. The van der Waals surface area contributed by atoms with Crippen LogP contribution in [-0.2, 0) is 9.53 Å². The monoisotopic (exact) mass is 188 g/mol. The molecule has 1 atom stereocenters. The molecule has 0 radical (unpaired) electrons. The maximum absolute atomic E-state index is 10.5. The fourth-order valence-corrected chi connectivity index (χ4v) is 1.05. The summed E-state index contributed by atoms with van der Waals surface area (Å²) in [6.45, 7) is 1.24. The van der Waals surface area contributed by atoms with E-state index in [0.29, 0.717) is 5.03 Å². The number of ether oxygens (including phenoxy) is 1. The van der Waals surface area contributed by atoms with Gasteiger partial charge >= 0.3 is 5.97 Å². The molecule has 12 heavy (non-hydrogen) atoms. The van der Waals surface area contributed by atoms with Gasteiger partial charge < -0.3 is 9.84 Å². The van der Waals surface area contributed by atoms with Crippen LogP contribution in [0.1, 0.15) is 13.3 Å². The average molecular weight is 189 g/mol. The van der Waals surface area contributed by atoms with Gasteiger partial charge in [0.15, 0.2) is 0 Å². The third kappa shape index (κ3) is 2.36. The summed E-state index contributed by atoms with van der Waals surface area (Å²) in [5.41, 5.74) is 0. The van der Waals surface area contributed by atoms with E-state index in [2.05, 4.69) is 4.74 Å². The minimum absolute atomic E-state index is 0.196. The van der Waals surface area contributed by atoms with E-state index in [1.807, 2.05) is 0 Å². The van der Waals surface area contributed by atoms with Crippen LogP contribution in [0.5, 0.6) is 0 Å². The molecule has 0 aromatic heterocycles. The van der Waals surface area contributed by atoms with Crippen molar-refractivity contribution in [3.05, 3.63) is 23.3 Å². The SMILES string of the molecule is CC(=O)O[C@]1(O)C=CC(Cl)=CC1. The van der Waals surface area contributed by atoms with Gasteiger partial charge in [-0.25, -0.2) is 0 Å². The smallest absolute Gasteiger partial charge is 0.305 e. The lowest BCUT2D eigenvalue weighted by molar-refractivity contribution is -0.187. The van der Waals surface area contributed by atoms with Crippen LogP contribution < -0.4 is 0 Å². The topological polar surface area (TPSA) is 46.5 Å². The van der Waals surface area contributed by atoms with Gasteiger partial charge in [0.1, 0.15) is 0 Å². The second-order valence-corrected chi connectivity index (χ2v) is 3.00. The van der Waals surface area contributed by atoms with Crippen LogP contribution in [0.25, 0.3) is 0 Å². The van der Waals surface area contributed by atoms with Gasteiger partial charge in [-0.15, -0.1) is 0 Å². The fraction of sp³-hybridized carbons (Fsp3) is 0.375. The lowest BCUT2D eigenvalue weighted by atomic mass is 10.1. The molecular formula is C8H9ClO3. The zero-order chi connectivity index (χ0) is 9.19. The summed E-state index contributed by atoms with van der Waals surface area (Å²) in [6.07, 6.45) is 4.64. The van der Waals surface area contributed by atoms with Crippen LogP contribution in [0.2, 0.25) is 0 Å². The first kappa shape index (κ1) is 9.29. The van der Waals surface area contributed by atoms with Gasteiger partial charge in [-0.2, -0.15) is 0 Å². The van der Waals surface area contributed by atoms with E-state index in [0.717, 1.165) is 0 Å². The zero-order valence-corrected chi connectivity index (χ0v) is 7.34. The van der Waals surface area contributed by atoms with Crippen LogP contribution in [0, 0.1) is 0 Å². The molecule has 0 aromatic rings. The lowest BCUT2D eigenvalue weighted by Gasteiger charge is -2.24. The summed E-state index contributed by atoms with van der Waals surface area (Å²) in [5.74, 6) is -2.03. The van der Waals surface area contributed by atoms with E-state index in [1.54, 1.807) is 6.08 Å². The van der Waals surface area contributed by atoms with Crippen molar-refractivity contribution in [1.82, 2.24) is 0 Å². The molecule has 0 amide bonds. The third-order valence-corrected chi connectivity index (χ3v) is 1.69. The summed E-state index contributed by atoms with van der Waals surface area (Å²) in [6, 6.07) is 0. The Balaban J connectivity index is 2.65. The second-order valence-electron chi connectivity index (χ2n) is 2.56. The maximum Gasteiger partial charge on any atom is 0.305 e. The molecule has 0 saturated carbocycles.